The van der Waals surface area contributed by atoms with E-state index >= 15 is 0 Å². The molecule has 2 nitrogen and oxygen atoms in total. The van der Waals surface area contributed by atoms with Gasteiger partial charge in [-0.15, -0.1) is 0 Å². The van der Waals surface area contributed by atoms with E-state index in [1.54, 1.807) is 6.92 Å². The van der Waals surface area contributed by atoms with Crippen molar-refractivity contribution in [2.24, 2.45) is 0 Å². The highest BCUT2D eigenvalue weighted by molar-refractivity contribution is 5.81. The highest BCUT2D eigenvalue weighted by Crippen LogP contribution is 2.29. The van der Waals surface area contributed by atoms with Crippen LogP contribution < -0.4 is 0 Å². The Morgan fingerprint density at radius 2 is 1.52 bits per heavy atom. The maximum atomic E-state index is 11.8. The molecule has 2 aromatic rings. The zero-order chi connectivity index (χ0) is 15.5. The highest BCUT2D eigenvalue weighted by Gasteiger charge is 2.35. The van der Waals surface area contributed by atoms with Gasteiger partial charge in [0.25, 0.3) is 0 Å². The Labute approximate surface area is 126 Å². The summed E-state index contributed by atoms with van der Waals surface area (Å²) in [5, 5.41) is 9.72. The molecule has 0 saturated carbocycles. The van der Waals surface area contributed by atoms with E-state index in [4.69, 9.17) is 0 Å². The van der Waals surface area contributed by atoms with Gasteiger partial charge in [0.2, 0.25) is 0 Å². The maximum absolute atomic E-state index is 11.8. The van der Waals surface area contributed by atoms with Crippen LogP contribution in [0.4, 0.5) is 0 Å². The normalized spacial score (nSPS) is 13.7. The van der Waals surface area contributed by atoms with Gasteiger partial charge in [-0.1, -0.05) is 61.0 Å². The Kier molecular flexibility index (Phi) is 4.46. The molecule has 0 aliphatic heterocycles. The average molecular weight is 282 g/mol. The number of rotatable bonds is 5. The van der Waals surface area contributed by atoms with E-state index < -0.39 is 11.4 Å². The standard InChI is InChI=1S/C19H22O2/c1-4-15-7-9-16(10-8-15)13-19(3,18(20)21)17-11-5-14(2)6-12-17/h5-12H,4,13H2,1-3H3,(H,20,21). The van der Waals surface area contributed by atoms with E-state index in [2.05, 4.69) is 19.1 Å². The van der Waals surface area contributed by atoms with Gasteiger partial charge >= 0.3 is 5.97 Å². The molecule has 0 heterocycles. The molecule has 0 aromatic heterocycles. The molecule has 1 N–H and O–H groups in total. The first-order valence-electron chi connectivity index (χ1n) is 7.34. The van der Waals surface area contributed by atoms with Gasteiger partial charge in [-0.3, -0.25) is 4.79 Å². The second-order valence-electron chi connectivity index (χ2n) is 5.85. The molecule has 1 atom stereocenters. The van der Waals surface area contributed by atoms with Crippen LogP contribution in [0.15, 0.2) is 48.5 Å². The van der Waals surface area contributed by atoms with Crippen molar-refractivity contribution in [3.8, 4) is 0 Å². The van der Waals surface area contributed by atoms with E-state index in [-0.39, 0.29) is 0 Å². The van der Waals surface area contributed by atoms with Crippen molar-refractivity contribution in [3.63, 3.8) is 0 Å². The quantitative estimate of drug-likeness (QED) is 0.894. The molecule has 0 aliphatic carbocycles. The summed E-state index contributed by atoms with van der Waals surface area (Å²) in [6.07, 6.45) is 1.49. The lowest BCUT2D eigenvalue weighted by Gasteiger charge is -2.26. The zero-order valence-corrected chi connectivity index (χ0v) is 12.9. The van der Waals surface area contributed by atoms with Crippen molar-refractivity contribution >= 4 is 5.97 Å². The molecular weight excluding hydrogens is 260 g/mol. The monoisotopic (exact) mass is 282 g/mol. The molecule has 0 radical (unpaired) electrons. The zero-order valence-electron chi connectivity index (χ0n) is 12.9. The Morgan fingerprint density at radius 1 is 1.00 bits per heavy atom. The molecule has 0 spiro atoms. The Balaban J connectivity index is 2.33. The summed E-state index contributed by atoms with van der Waals surface area (Å²) in [4.78, 5) is 11.8. The number of aryl methyl sites for hydroxylation is 2. The van der Waals surface area contributed by atoms with E-state index in [0.717, 1.165) is 23.1 Å². The topological polar surface area (TPSA) is 37.3 Å². The predicted molar refractivity (Wildman–Crippen MR) is 85.7 cm³/mol. The summed E-state index contributed by atoms with van der Waals surface area (Å²) < 4.78 is 0. The van der Waals surface area contributed by atoms with Gasteiger partial charge in [-0.2, -0.15) is 0 Å². The number of aliphatic carboxylic acids is 1. The van der Waals surface area contributed by atoms with Crippen molar-refractivity contribution in [2.45, 2.75) is 39.0 Å². The van der Waals surface area contributed by atoms with Crippen molar-refractivity contribution in [2.75, 3.05) is 0 Å². The second-order valence-corrected chi connectivity index (χ2v) is 5.85. The van der Waals surface area contributed by atoms with Crippen LogP contribution in [0.2, 0.25) is 0 Å². The largest absolute Gasteiger partial charge is 0.481 e. The van der Waals surface area contributed by atoms with Gasteiger partial charge in [0.15, 0.2) is 0 Å². The minimum absolute atomic E-state index is 0.495. The van der Waals surface area contributed by atoms with Crippen LogP contribution in [0.3, 0.4) is 0 Å². The summed E-state index contributed by atoms with van der Waals surface area (Å²) in [5.41, 5.74) is 3.41. The van der Waals surface area contributed by atoms with Gasteiger partial charge in [-0.05, 0) is 43.4 Å². The highest BCUT2D eigenvalue weighted by atomic mass is 16.4. The van der Waals surface area contributed by atoms with Crippen LogP contribution in [0.1, 0.15) is 36.1 Å². The van der Waals surface area contributed by atoms with E-state index in [0.29, 0.717) is 6.42 Å². The lowest BCUT2D eigenvalue weighted by atomic mass is 9.77. The molecule has 1 unspecified atom stereocenters. The van der Waals surface area contributed by atoms with Gasteiger partial charge in [0, 0.05) is 0 Å². The minimum Gasteiger partial charge on any atom is -0.481 e. The fourth-order valence-corrected chi connectivity index (χ4v) is 2.52. The maximum Gasteiger partial charge on any atom is 0.314 e. The first kappa shape index (κ1) is 15.3. The van der Waals surface area contributed by atoms with Crippen molar-refractivity contribution < 1.29 is 9.90 Å². The number of carboxylic acids is 1. The van der Waals surface area contributed by atoms with Crippen LogP contribution >= 0.6 is 0 Å². The number of hydrogen-bond acceptors (Lipinski definition) is 1. The molecule has 2 rings (SSSR count). The molecule has 2 aromatic carbocycles. The third-order valence-corrected chi connectivity index (χ3v) is 4.15. The number of carbonyl (C=O) groups is 1. The molecule has 0 bridgehead atoms. The van der Waals surface area contributed by atoms with Crippen LogP contribution in [-0.2, 0) is 23.1 Å². The fraction of sp³-hybridized carbons (Fsp3) is 0.316. The molecule has 0 saturated heterocycles. The molecule has 0 amide bonds. The van der Waals surface area contributed by atoms with E-state index in [1.165, 1.54) is 5.56 Å². The van der Waals surface area contributed by atoms with Crippen LogP contribution in [0.5, 0.6) is 0 Å². The molecular formula is C19H22O2. The van der Waals surface area contributed by atoms with E-state index in [1.807, 2.05) is 43.3 Å². The van der Waals surface area contributed by atoms with Crippen LogP contribution in [0.25, 0.3) is 0 Å². The number of carboxylic acid groups (broad SMARTS) is 1. The van der Waals surface area contributed by atoms with Gasteiger partial charge in [0.05, 0.1) is 5.41 Å². The Morgan fingerprint density at radius 3 is 2.00 bits per heavy atom. The number of benzene rings is 2. The first-order chi connectivity index (χ1) is 9.95. The third kappa shape index (κ3) is 3.33. The summed E-state index contributed by atoms with van der Waals surface area (Å²) in [7, 11) is 0. The fourth-order valence-electron chi connectivity index (χ4n) is 2.52. The molecule has 21 heavy (non-hydrogen) atoms. The van der Waals surface area contributed by atoms with Crippen molar-refractivity contribution in [1.29, 1.82) is 0 Å². The SMILES string of the molecule is CCc1ccc(CC(C)(C(=O)O)c2ccc(C)cc2)cc1. The van der Waals surface area contributed by atoms with Crippen molar-refractivity contribution in [3.05, 3.63) is 70.8 Å². The summed E-state index contributed by atoms with van der Waals surface area (Å²) >= 11 is 0. The first-order valence-corrected chi connectivity index (χ1v) is 7.34. The predicted octanol–water partition coefficient (Wildman–Crippen LogP) is 4.14. The lowest BCUT2D eigenvalue weighted by Crippen LogP contribution is -2.34. The molecule has 110 valence electrons. The van der Waals surface area contributed by atoms with Crippen LogP contribution in [0, 0.1) is 6.92 Å². The minimum atomic E-state index is -0.901. The summed E-state index contributed by atoms with van der Waals surface area (Å²) in [6.45, 7) is 5.92. The molecule has 0 aliphatic rings. The third-order valence-electron chi connectivity index (χ3n) is 4.15. The second kappa shape index (κ2) is 6.13. The van der Waals surface area contributed by atoms with Gasteiger partial charge in [-0.25, -0.2) is 0 Å². The summed E-state index contributed by atoms with van der Waals surface area (Å²) in [5.74, 6) is -0.786. The summed E-state index contributed by atoms with van der Waals surface area (Å²) in [6, 6.07) is 16.0. The molecule has 0 fully saturated rings. The van der Waals surface area contributed by atoms with Crippen molar-refractivity contribution in [1.82, 2.24) is 0 Å². The van der Waals surface area contributed by atoms with Crippen LogP contribution in [-0.4, -0.2) is 11.1 Å². The number of hydrogen-bond donors (Lipinski definition) is 1. The Hall–Kier alpha value is -2.09. The lowest BCUT2D eigenvalue weighted by molar-refractivity contribution is -0.143. The van der Waals surface area contributed by atoms with Gasteiger partial charge in [0.1, 0.15) is 0 Å². The van der Waals surface area contributed by atoms with Gasteiger partial charge < -0.3 is 5.11 Å². The Bertz CT molecular complexity index is 611. The molecule has 2 heteroatoms. The van der Waals surface area contributed by atoms with E-state index in [9.17, 15) is 9.90 Å². The average Bonchev–Trinajstić information content (AvgIpc) is 2.48. The smallest absolute Gasteiger partial charge is 0.314 e.